The highest BCUT2D eigenvalue weighted by molar-refractivity contribution is 7.15. The second-order valence-electron chi connectivity index (χ2n) is 9.08. The van der Waals surface area contributed by atoms with Crippen molar-refractivity contribution in [3.8, 4) is 11.1 Å². The average Bonchev–Trinajstić information content (AvgIpc) is 3.37. The van der Waals surface area contributed by atoms with Gasteiger partial charge in [-0.2, -0.15) is 5.26 Å². The van der Waals surface area contributed by atoms with Crippen molar-refractivity contribution in [2.75, 3.05) is 11.9 Å². The Hall–Kier alpha value is -4.36. The van der Waals surface area contributed by atoms with Crippen molar-refractivity contribution in [1.29, 1.82) is 5.26 Å². The van der Waals surface area contributed by atoms with Crippen LogP contribution in [0.2, 0.25) is 0 Å². The first-order valence-electron chi connectivity index (χ1n) is 11.7. The van der Waals surface area contributed by atoms with Crippen molar-refractivity contribution in [2.24, 2.45) is 10.9 Å². The van der Waals surface area contributed by atoms with Crippen molar-refractivity contribution in [3.05, 3.63) is 81.4 Å². The number of nitrogens with zero attached hydrogens (tertiary/aromatic N) is 7. The van der Waals surface area contributed by atoms with E-state index >= 15 is 0 Å². The van der Waals surface area contributed by atoms with E-state index in [1.54, 1.807) is 36.6 Å². The maximum Gasteiger partial charge on any atom is 0.308 e. The van der Waals surface area contributed by atoms with Gasteiger partial charge in [0.15, 0.2) is 5.82 Å². The number of aliphatic imine (C=N–C) groups is 1. The van der Waals surface area contributed by atoms with Gasteiger partial charge in [0.25, 0.3) is 0 Å². The van der Waals surface area contributed by atoms with Gasteiger partial charge in [-0.15, -0.1) is 21.5 Å². The Kier molecular flexibility index (Phi) is 6.09. The fourth-order valence-corrected chi connectivity index (χ4v) is 5.66. The van der Waals surface area contributed by atoms with Crippen LogP contribution in [-0.4, -0.2) is 43.6 Å². The summed E-state index contributed by atoms with van der Waals surface area (Å²) in [6.07, 6.45) is 1.55. The third-order valence-electron chi connectivity index (χ3n) is 6.80. The molecule has 0 saturated heterocycles. The van der Waals surface area contributed by atoms with Crippen LogP contribution in [0.3, 0.4) is 0 Å². The number of carboxylic acid groups (broad SMARTS) is 1. The van der Waals surface area contributed by atoms with Crippen molar-refractivity contribution in [2.45, 2.75) is 33.7 Å². The molecule has 0 saturated carbocycles. The number of hydrogen-bond acceptors (Lipinski definition) is 8. The summed E-state index contributed by atoms with van der Waals surface area (Å²) in [5.41, 5.74) is 5.12. The number of hydrogen-bond donors (Lipinski definition) is 1. The Morgan fingerprint density at radius 1 is 1.16 bits per heavy atom. The first-order chi connectivity index (χ1) is 17.7. The number of fused-ring (bicyclic) bond motifs is 3. The first-order valence-corrected chi connectivity index (χ1v) is 12.6. The lowest BCUT2D eigenvalue weighted by molar-refractivity contribution is -0.141. The molecule has 3 aromatic heterocycles. The van der Waals surface area contributed by atoms with Gasteiger partial charge >= 0.3 is 5.97 Å². The molecule has 5 rings (SSSR count). The number of carboxylic acids is 1. The number of aliphatic carboxylic acids is 1. The van der Waals surface area contributed by atoms with Crippen molar-refractivity contribution in [3.63, 3.8) is 0 Å². The lowest BCUT2D eigenvalue weighted by Crippen LogP contribution is -2.21. The molecular weight excluding hydrogens is 486 g/mol. The largest absolute Gasteiger partial charge is 0.481 e. The van der Waals surface area contributed by atoms with Crippen LogP contribution in [0.5, 0.6) is 0 Å². The molecule has 9 nitrogen and oxygen atoms in total. The molecule has 2 atom stereocenters. The first kappa shape index (κ1) is 24.3. The van der Waals surface area contributed by atoms with Gasteiger partial charge in [-0.3, -0.25) is 14.4 Å². The highest BCUT2D eigenvalue weighted by atomic mass is 32.1. The summed E-state index contributed by atoms with van der Waals surface area (Å²) in [7, 11) is 1.91. The topological polar surface area (TPSA) is 120 Å². The van der Waals surface area contributed by atoms with E-state index < -0.39 is 17.9 Å². The lowest BCUT2D eigenvalue weighted by Gasteiger charge is -2.19. The smallest absolute Gasteiger partial charge is 0.308 e. The van der Waals surface area contributed by atoms with Gasteiger partial charge in [0.2, 0.25) is 0 Å². The molecule has 0 bridgehead atoms. The third kappa shape index (κ3) is 4.07. The molecule has 0 amide bonds. The maximum atomic E-state index is 12.0. The van der Waals surface area contributed by atoms with E-state index in [0.29, 0.717) is 23.0 Å². The molecule has 1 aromatic carbocycles. The van der Waals surface area contributed by atoms with Crippen molar-refractivity contribution >= 4 is 34.5 Å². The van der Waals surface area contributed by atoms with Gasteiger partial charge in [-0.05, 0) is 57.5 Å². The monoisotopic (exact) mass is 511 g/mol. The summed E-state index contributed by atoms with van der Waals surface area (Å²) in [6.45, 7) is 7.67. The Balaban J connectivity index is 1.62. The minimum Gasteiger partial charge on any atom is -0.481 e. The zero-order valence-corrected chi connectivity index (χ0v) is 21.9. The number of carbonyl (C=O) groups is 1. The van der Waals surface area contributed by atoms with Gasteiger partial charge in [0.1, 0.15) is 28.8 Å². The number of aromatic nitrogens is 4. The molecule has 0 spiro atoms. The predicted molar refractivity (Wildman–Crippen MR) is 142 cm³/mol. The Labute approximate surface area is 218 Å². The Morgan fingerprint density at radius 3 is 2.51 bits per heavy atom. The molecule has 186 valence electrons. The molecule has 0 fully saturated rings. The average molecular weight is 512 g/mol. The van der Waals surface area contributed by atoms with Crippen LogP contribution >= 0.6 is 11.3 Å². The summed E-state index contributed by atoms with van der Waals surface area (Å²) < 4.78 is 1.96. The normalized spacial score (nSPS) is 15.1. The number of nitriles is 1. The summed E-state index contributed by atoms with van der Waals surface area (Å²) in [5, 5.41) is 28.5. The number of rotatable bonds is 5. The molecule has 1 unspecified atom stereocenters. The summed E-state index contributed by atoms with van der Waals surface area (Å²) >= 11 is 1.64. The van der Waals surface area contributed by atoms with E-state index in [1.165, 1.54) is 0 Å². The number of thiophene rings is 1. The SMILES string of the molecule is Cc1sc2c(c1C)C(c1ccc(N(C)c3ccc(C#N)cn3)cc1)=N[C@@H](C(C)C(=O)O)c1nnc(C)n1-2. The van der Waals surface area contributed by atoms with Crippen molar-refractivity contribution < 1.29 is 9.90 Å². The van der Waals surface area contributed by atoms with Crippen LogP contribution in [0, 0.1) is 38.0 Å². The van der Waals surface area contributed by atoms with Crippen LogP contribution in [0.15, 0.2) is 47.6 Å². The van der Waals surface area contributed by atoms with E-state index in [4.69, 9.17) is 10.3 Å². The summed E-state index contributed by atoms with van der Waals surface area (Å²) in [5.74, 6) is 0.219. The molecule has 37 heavy (non-hydrogen) atoms. The summed E-state index contributed by atoms with van der Waals surface area (Å²) in [4.78, 5) is 24.6. The second kappa shape index (κ2) is 9.26. The van der Waals surface area contributed by atoms with Crippen LogP contribution < -0.4 is 4.90 Å². The minimum atomic E-state index is -0.939. The fourth-order valence-electron chi connectivity index (χ4n) is 4.44. The van der Waals surface area contributed by atoms with Crippen LogP contribution in [0.25, 0.3) is 5.00 Å². The number of pyridine rings is 1. The zero-order valence-electron chi connectivity index (χ0n) is 21.1. The molecule has 0 radical (unpaired) electrons. The summed E-state index contributed by atoms with van der Waals surface area (Å²) in [6, 6.07) is 12.9. The van der Waals surface area contributed by atoms with Gasteiger partial charge < -0.3 is 10.0 Å². The molecule has 1 aliphatic heterocycles. The Morgan fingerprint density at radius 2 is 1.89 bits per heavy atom. The van der Waals surface area contributed by atoms with Gasteiger partial charge in [-0.1, -0.05) is 12.1 Å². The van der Waals surface area contributed by atoms with Crippen LogP contribution in [0.1, 0.15) is 51.7 Å². The highest BCUT2D eigenvalue weighted by Crippen LogP contribution is 2.40. The van der Waals surface area contributed by atoms with E-state index in [2.05, 4.69) is 35.1 Å². The number of aryl methyl sites for hydroxylation is 2. The lowest BCUT2D eigenvalue weighted by atomic mass is 9.98. The molecule has 4 aromatic rings. The van der Waals surface area contributed by atoms with E-state index in [-0.39, 0.29) is 0 Å². The molecule has 0 aliphatic carbocycles. The van der Waals surface area contributed by atoms with Crippen LogP contribution in [0.4, 0.5) is 11.5 Å². The number of benzene rings is 1. The minimum absolute atomic E-state index is 0.506. The molecule has 10 heteroatoms. The predicted octanol–water partition coefficient (Wildman–Crippen LogP) is 4.90. The molecule has 4 heterocycles. The maximum absolute atomic E-state index is 12.0. The third-order valence-corrected chi connectivity index (χ3v) is 7.99. The number of anilines is 2. The highest BCUT2D eigenvalue weighted by Gasteiger charge is 2.36. The quantitative estimate of drug-likeness (QED) is 0.404. The van der Waals surface area contributed by atoms with Crippen molar-refractivity contribution in [1.82, 2.24) is 19.7 Å². The standard InChI is InChI=1S/C27H25N7O2S/c1-14-16(3)37-26-22(14)24(30-23(15(2)27(35)36)25-32-31-17(4)34(25)26)19-7-9-20(10-8-19)33(5)21-11-6-18(12-28)13-29-21/h6-11,13,15,23H,1-5H3,(H,35,36)/t15?,23-/m0/s1. The molecule has 1 N–H and O–H groups in total. The fraction of sp³-hybridized carbons (Fsp3) is 0.259. The van der Waals surface area contributed by atoms with E-state index in [9.17, 15) is 9.90 Å². The van der Waals surface area contributed by atoms with Gasteiger partial charge in [0, 0.05) is 34.9 Å². The molecular formula is C27H25N7O2S. The van der Waals surface area contributed by atoms with Gasteiger partial charge in [0.05, 0.1) is 17.2 Å². The second-order valence-corrected chi connectivity index (χ2v) is 10.3. The zero-order chi connectivity index (χ0) is 26.4. The van der Waals surface area contributed by atoms with E-state index in [1.807, 2.05) is 47.7 Å². The Bertz CT molecular complexity index is 1580. The van der Waals surface area contributed by atoms with Gasteiger partial charge in [-0.25, -0.2) is 4.98 Å². The van der Waals surface area contributed by atoms with Crippen LogP contribution in [-0.2, 0) is 4.79 Å². The molecule has 1 aliphatic rings. The van der Waals surface area contributed by atoms with E-state index in [0.717, 1.165) is 38.0 Å².